The number of hydrogen-bond donors (Lipinski definition) is 0. The highest BCUT2D eigenvalue weighted by molar-refractivity contribution is 9.09. The van der Waals surface area contributed by atoms with E-state index in [2.05, 4.69) is 21.9 Å². The summed E-state index contributed by atoms with van der Waals surface area (Å²) < 4.78 is 0. The zero-order chi connectivity index (χ0) is 6.69. The predicted octanol–water partition coefficient (Wildman–Crippen LogP) is 2.57. The summed E-state index contributed by atoms with van der Waals surface area (Å²) in [4.78, 5) is 0.738. The van der Waals surface area contributed by atoms with E-state index in [0.29, 0.717) is 5.92 Å². The number of alkyl halides is 1. The normalized spacial score (nSPS) is 35.6. The van der Waals surface area contributed by atoms with Crippen LogP contribution in [0.25, 0.3) is 0 Å². The zero-order valence-electron chi connectivity index (χ0n) is 5.44. The van der Waals surface area contributed by atoms with E-state index in [9.17, 15) is 0 Å². The van der Waals surface area contributed by atoms with E-state index in [1.807, 2.05) is 0 Å². The van der Waals surface area contributed by atoms with E-state index in [0.717, 1.165) is 4.83 Å². The molecule has 0 aromatic heterocycles. The molecule has 1 saturated carbocycles. The monoisotopic (exact) mass is 186 g/mol. The summed E-state index contributed by atoms with van der Waals surface area (Å²) >= 11 is 3.58. The van der Waals surface area contributed by atoms with Gasteiger partial charge < -0.3 is 0 Å². The number of terminal acetylenes is 1. The third-order valence-corrected chi connectivity index (χ3v) is 2.81. The fourth-order valence-electron chi connectivity index (χ4n) is 1.22. The van der Waals surface area contributed by atoms with Crippen LogP contribution in [0.15, 0.2) is 0 Å². The molecule has 0 aliphatic heterocycles. The molecule has 1 fully saturated rings. The first-order valence-electron chi connectivity index (χ1n) is 3.43. The highest BCUT2D eigenvalue weighted by Gasteiger charge is 2.16. The van der Waals surface area contributed by atoms with E-state index in [1.165, 1.54) is 25.7 Å². The maximum atomic E-state index is 5.28. The van der Waals surface area contributed by atoms with Crippen LogP contribution in [0.5, 0.6) is 0 Å². The van der Waals surface area contributed by atoms with Gasteiger partial charge in [0.25, 0.3) is 0 Å². The van der Waals surface area contributed by atoms with Gasteiger partial charge >= 0.3 is 0 Å². The third-order valence-electron chi connectivity index (χ3n) is 1.89. The SMILES string of the molecule is C#CC1CCC(Br)CC1. The average molecular weight is 187 g/mol. The molecule has 1 aliphatic carbocycles. The van der Waals surface area contributed by atoms with Crippen molar-refractivity contribution in [2.75, 3.05) is 0 Å². The third kappa shape index (κ3) is 2.02. The second kappa shape index (κ2) is 3.27. The van der Waals surface area contributed by atoms with E-state index in [1.54, 1.807) is 0 Å². The highest BCUT2D eigenvalue weighted by Crippen LogP contribution is 2.27. The van der Waals surface area contributed by atoms with Gasteiger partial charge in [0, 0.05) is 10.7 Å². The van der Waals surface area contributed by atoms with Crippen LogP contribution in [0, 0.1) is 18.3 Å². The minimum atomic E-state index is 0.568. The summed E-state index contributed by atoms with van der Waals surface area (Å²) in [7, 11) is 0. The molecule has 1 rings (SSSR count). The lowest BCUT2D eigenvalue weighted by molar-refractivity contribution is 0.444. The Bertz CT molecular complexity index is 115. The van der Waals surface area contributed by atoms with Crippen molar-refractivity contribution in [2.45, 2.75) is 30.5 Å². The molecule has 0 N–H and O–H groups in total. The Labute approximate surface area is 65.2 Å². The van der Waals surface area contributed by atoms with E-state index >= 15 is 0 Å². The van der Waals surface area contributed by atoms with Gasteiger partial charge in [-0.2, -0.15) is 0 Å². The first-order chi connectivity index (χ1) is 4.33. The van der Waals surface area contributed by atoms with Crippen molar-refractivity contribution in [3.05, 3.63) is 0 Å². The number of hydrogen-bond acceptors (Lipinski definition) is 0. The van der Waals surface area contributed by atoms with Crippen LogP contribution in [0.4, 0.5) is 0 Å². The van der Waals surface area contributed by atoms with Gasteiger partial charge in [0.1, 0.15) is 0 Å². The Kier molecular flexibility index (Phi) is 2.60. The van der Waals surface area contributed by atoms with Crippen LogP contribution in [-0.2, 0) is 0 Å². The highest BCUT2D eigenvalue weighted by atomic mass is 79.9. The molecule has 1 heteroatoms. The largest absolute Gasteiger partial charge is 0.120 e. The molecule has 0 radical (unpaired) electrons. The molecule has 50 valence electrons. The van der Waals surface area contributed by atoms with Crippen molar-refractivity contribution in [3.8, 4) is 12.3 Å². The van der Waals surface area contributed by atoms with Crippen molar-refractivity contribution in [2.24, 2.45) is 5.92 Å². The Hall–Kier alpha value is 0.0400. The molecule has 0 atom stereocenters. The second-order valence-electron chi connectivity index (χ2n) is 2.62. The molecule has 0 nitrogen and oxygen atoms in total. The van der Waals surface area contributed by atoms with Gasteiger partial charge in [-0.25, -0.2) is 0 Å². The topological polar surface area (TPSA) is 0 Å². The van der Waals surface area contributed by atoms with Crippen LogP contribution in [0.3, 0.4) is 0 Å². The van der Waals surface area contributed by atoms with E-state index in [-0.39, 0.29) is 0 Å². The minimum Gasteiger partial charge on any atom is -0.120 e. The van der Waals surface area contributed by atoms with Gasteiger partial charge in [-0.1, -0.05) is 15.9 Å². The summed E-state index contributed by atoms with van der Waals surface area (Å²) in [5.74, 6) is 3.37. The fraction of sp³-hybridized carbons (Fsp3) is 0.750. The van der Waals surface area contributed by atoms with Gasteiger partial charge in [-0.05, 0) is 25.7 Å². The number of rotatable bonds is 0. The van der Waals surface area contributed by atoms with Gasteiger partial charge in [0.2, 0.25) is 0 Å². The van der Waals surface area contributed by atoms with Crippen molar-refractivity contribution >= 4 is 15.9 Å². The number of halogens is 1. The van der Waals surface area contributed by atoms with Crippen LogP contribution >= 0.6 is 15.9 Å². The zero-order valence-corrected chi connectivity index (χ0v) is 7.02. The molecule has 9 heavy (non-hydrogen) atoms. The maximum Gasteiger partial charge on any atom is 0.0201 e. The lowest BCUT2D eigenvalue weighted by atomic mass is 9.90. The Morgan fingerprint density at radius 3 is 2.22 bits per heavy atom. The van der Waals surface area contributed by atoms with Crippen LogP contribution in [0.2, 0.25) is 0 Å². The summed E-state index contributed by atoms with van der Waals surface area (Å²) in [6.07, 6.45) is 10.2. The first-order valence-corrected chi connectivity index (χ1v) is 4.34. The van der Waals surface area contributed by atoms with Crippen LogP contribution in [0.1, 0.15) is 25.7 Å². The Morgan fingerprint density at radius 2 is 1.78 bits per heavy atom. The predicted molar refractivity (Wildman–Crippen MR) is 43.5 cm³/mol. The van der Waals surface area contributed by atoms with Crippen molar-refractivity contribution in [1.29, 1.82) is 0 Å². The lowest BCUT2D eigenvalue weighted by Crippen LogP contribution is -2.11. The quantitative estimate of drug-likeness (QED) is 0.404. The van der Waals surface area contributed by atoms with Gasteiger partial charge in [-0.15, -0.1) is 12.3 Å². The summed E-state index contributed by atoms with van der Waals surface area (Å²) in [6, 6.07) is 0. The minimum absolute atomic E-state index is 0.568. The lowest BCUT2D eigenvalue weighted by Gasteiger charge is -2.20. The van der Waals surface area contributed by atoms with Gasteiger partial charge in [-0.3, -0.25) is 0 Å². The Morgan fingerprint density at radius 1 is 1.22 bits per heavy atom. The maximum absolute atomic E-state index is 5.28. The standard InChI is InChI=1S/C8H11Br/c1-2-7-3-5-8(9)6-4-7/h1,7-8H,3-6H2. The molecule has 0 bridgehead atoms. The van der Waals surface area contributed by atoms with Gasteiger partial charge in [0.05, 0.1) is 0 Å². The van der Waals surface area contributed by atoms with Crippen LogP contribution < -0.4 is 0 Å². The summed E-state index contributed by atoms with van der Waals surface area (Å²) in [5, 5.41) is 0. The molecule has 0 amide bonds. The molecule has 0 spiro atoms. The molecular weight excluding hydrogens is 176 g/mol. The molecule has 0 aromatic carbocycles. The smallest absolute Gasteiger partial charge is 0.0201 e. The van der Waals surface area contributed by atoms with Crippen LogP contribution in [-0.4, -0.2) is 4.83 Å². The average Bonchev–Trinajstić information content (AvgIpc) is 1.90. The molecule has 0 saturated heterocycles. The van der Waals surface area contributed by atoms with Crippen molar-refractivity contribution in [1.82, 2.24) is 0 Å². The summed E-state index contributed by atoms with van der Waals surface area (Å²) in [6.45, 7) is 0. The van der Waals surface area contributed by atoms with Crippen molar-refractivity contribution in [3.63, 3.8) is 0 Å². The van der Waals surface area contributed by atoms with Gasteiger partial charge in [0.15, 0.2) is 0 Å². The molecule has 0 unspecified atom stereocenters. The first kappa shape index (κ1) is 7.15. The van der Waals surface area contributed by atoms with E-state index in [4.69, 9.17) is 6.42 Å². The molecule has 1 aliphatic rings. The summed E-state index contributed by atoms with van der Waals surface area (Å²) in [5.41, 5.74) is 0. The molecule has 0 aromatic rings. The van der Waals surface area contributed by atoms with E-state index < -0.39 is 0 Å². The molecular formula is C8H11Br. The Balaban J connectivity index is 2.28. The molecule has 0 heterocycles. The second-order valence-corrected chi connectivity index (χ2v) is 3.91. The van der Waals surface area contributed by atoms with Crippen molar-refractivity contribution < 1.29 is 0 Å². The fourth-order valence-corrected chi connectivity index (χ4v) is 1.75.